The molecule has 1 saturated heterocycles. The van der Waals surface area contributed by atoms with E-state index in [0.29, 0.717) is 17.8 Å². The summed E-state index contributed by atoms with van der Waals surface area (Å²) in [7, 11) is 0. The first-order valence-corrected chi connectivity index (χ1v) is 9.08. The van der Waals surface area contributed by atoms with Gasteiger partial charge in [0.25, 0.3) is 0 Å². The monoisotopic (exact) mass is 318 g/mol. The normalized spacial score (nSPS) is 48.4. The Morgan fingerprint density at radius 1 is 1.43 bits per heavy atom. The summed E-state index contributed by atoms with van der Waals surface area (Å²) in [6.07, 6.45) is 6.37. The topological polar surface area (TPSA) is 46.5 Å². The van der Waals surface area contributed by atoms with Crippen LogP contribution in [0.25, 0.3) is 0 Å². The van der Waals surface area contributed by atoms with Crippen LogP contribution in [0.2, 0.25) is 0 Å². The molecule has 3 nitrogen and oxygen atoms in total. The lowest BCUT2D eigenvalue weighted by molar-refractivity contribution is -0.104. The van der Waals surface area contributed by atoms with Gasteiger partial charge in [-0.15, -0.1) is 0 Å². The van der Waals surface area contributed by atoms with Gasteiger partial charge in [-0.25, -0.2) is 0 Å². The number of aldehydes is 1. The minimum absolute atomic E-state index is 0.0143. The fourth-order valence-corrected chi connectivity index (χ4v) is 5.82. The average molecular weight is 318 g/mol. The van der Waals surface area contributed by atoms with Crippen LogP contribution in [0.3, 0.4) is 0 Å². The van der Waals surface area contributed by atoms with Crippen molar-refractivity contribution in [2.75, 3.05) is 0 Å². The number of aliphatic hydroxyl groups is 1. The maximum absolute atomic E-state index is 11.2. The molecule has 2 aliphatic carbocycles. The third kappa shape index (κ3) is 2.23. The van der Waals surface area contributed by atoms with Gasteiger partial charge < -0.3 is 9.84 Å². The Balaban J connectivity index is 2.15. The van der Waals surface area contributed by atoms with E-state index in [9.17, 15) is 9.90 Å². The third-order valence-corrected chi connectivity index (χ3v) is 6.87. The van der Waals surface area contributed by atoms with E-state index in [4.69, 9.17) is 4.74 Å². The summed E-state index contributed by atoms with van der Waals surface area (Å²) in [5, 5.41) is 10.8. The number of fused-ring (bicyclic) bond motifs is 4. The van der Waals surface area contributed by atoms with Crippen LogP contribution in [0.1, 0.15) is 47.5 Å². The highest BCUT2D eigenvalue weighted by Gasteiger charge is 2.62. The van der Waals surface area contributed by atoms with Crippen LogP contribution in [-0.4, -0.2) is 23.6 Å². The van der Waals surface area contributed by atoms with Crippen molar-refractivity contribution < 1.29 is 14.6 Å². The Labute approximate surface area is 139 Å². The van der Waals surface area contributed by atoms with Crippen molar-refractivity contribution in [2.24, 2.45) is 35.0 Å². The number of aliphatic hydroxyl groups excluding tert-OH is 1. The van der Waals surface area contributed by atoms with Crippen molar-refractivity contribution in [3.05, 3.63) is 23.5 Å². The Morgan fingerprint density at radius 3 is 2.74 bits per heavy atom. The van der Waals surface area contributed by atoms with Crippen LogP contribution in [0.15, 0.2) is 23.5 Å². The molecule has 0 spiro atoms. The molecule has 0 amide bonds. The molecule has 1 N–H and O–H groups in total. The van der Waals surface area contributed by atoms with E-state index >= 15 is 0 Å². The maximum atomic E-state index is 11.2. The number of ether oxygens (including phenoxy) is 1. The SMILES string of the molecule is CCC(C)[C@H]1[C@@H]2C=C3[C@H]([C@H](C)C[C@H](C)[C@H]3O)[C@]1(C)/C(=C/C=O)O2. The second kappa shape index (κ2) is 5.77. The Kier molecular flexibility index (Phi) is 4.20. The maximum Gasteiger partial charge on any atom is 0.146 e. The lowest BCUT2D eigenvalue weighted by Gasteiger charge is -2.52. The van der Waals surface area contributed by atoms with Crippen LogP contribution in [-0.2, 0) is 9.53 Å². The number of carbonyl (C=O) groups is 1. The molecule has 0 radical (unpaired) electrons. The highest BCUT2D eigenvalue weighted by Crippen LogP contribution is 2.64. The third-order valence-electron chi connectivity index (χ3n) is 6.87. The van der Waals surface area contributed by atoms with Crippen LogP contribution >= 0.6 is 0 Å². The lowest BCUT2D eigenvalue weighted by Crippen LogP contribution is -2.51. The first-order chi connectivity index (χ1) is 10.9. The Morgan fingerprint density at radius 2 is 2.13 bits per heavy atom. The molecule has 1 heterocycles. The van der Waals surface area contributed by atoms with Crippen LogP contribution in [0.4, 0.5) is 0 Å². The van der Waals surface area contributed by atoms with Gasteiger partial charge in [-0.05, 0) is 41.7 Å². The van der Waals surface area contributed by atoms with Gasteiger partial charge in [0.1, 0.15) is 18.1 Å². The molecule has 1 unspecified atom stereocenters. The molecule has 0 aromatic heterocycles. The zero-order valence-electron chi connectivity index (χ0n) is 15.0. The highest BCUT2D eigenvalue weighted by atomic mass is 16.5. The van der Waals surface area contributed by atoms with Gasteiger partial charge in [-0.2, -0.15) is 0 Å². The summed E-state index contributed by atoms with van der Waals surface area (Å²) in [5.74, 6) is 2.74. The van der Waals surface area contributed by atoms with Gasteiger partial charge in [0.05, 0.1) is 6.10 Å². The van der Waals surface area contributed by atoms with Crippen molar-refractivity contribution >= 4 is 6.29 Å². The molecular weight excluding hydrogens is 288 g/mol. The zero-order valence-corrected chi connectivity index (χ0v) is 15.0. The minimum Gasteiger partial charge on any atom is -0.490 e. The average Bonchev–Trinajstić information content (AvgIpc) is 2.69. The fourth-order valence-electron chi connectivity index (χ4n) is 5.82. The summed E-state index contributed by atoms with van der Waals surface area (Å²) >= 11 is 0. The van der Waals surface area contributed by atoms with E-state index in [1.807, 2.05) is 0 Å². The standard InChI is InChI=1S/C20H30O3/c1-6-11(2)18-15-10-14-17(12(3)9-13(4)19(14)22)20(18,5)16(23-15)7-8-21/h7-8,10-13,15,17-19,22H,6,9H2,1-5H3/b16-7-/t11?,12-,13+,15+,17+,18+,19-,20+/m1/s1. The summed E-state index contributed by atoms with van der Waals surface area (Å²) in [6.45, 7) is 11.2. The minimum atomic E-state index is -0.380. The quantitative estimate of drug-likeness (QED) is 0.490. The predicted molar refractivity (Wildman–Crippen MR) is 90.6 cm³/mol. The van der Waals surface area contributed by atoms with Crippen molar-refractivity contribution in [3.63, 3.8) is 0 Å². The second-order valence-electron chi connectivity index (χ2n) is 8.22. The number of hydrogen-bond donors (Lipinski definition) is 1. The van der Waals surface area contributed by atoms with Crippen LogP contribution < -0.4 is 0 Å². The van der Waals surface area contributed by atoms with Crippen LogP contribution in [0.5, 0.6) is 0 Å². The van der Waals surface area contributed by atoms with Gasteiger partial charge in [0.2, 0.25) is 0 Å². The van der Waals surface area contributed by atoms with Crippen molar-refractivity contribution in [2.45, 2.75) is 59.7 Å². The summed E-state index contributed by atoms with van der Waals surface area (Å²) in [5.41, 5.74) is 0.962. The largest absolute Gasteiger partial charge is 0.490 e. The van der Waals surface area contributed by atoms with Gasteiger partial charge in [-0.1, -0.05) is 41.0 Å². The molecule has 0 aromatic rings. The van der Waals surface area contributed by atoms with E-state index in [1.165, 1.54) is 0 Å². The van der Waals surface area contributed by atoms with Gasteiger partial charge >= 0.3 is 0 Å². The second-order valence-corrected chi connectivity index (χ2v) is 8.22. The smallest absolute Gasteiger partial charge is 0.146 e. The molecule has 8 atom stereocenters. The van der Waals surface area contributed by atoms with E-state index in [0.717, 1.165) is 30.5 Å². The Bertz CT molecular complexity index is 549. The van der Waals surface area contributed by atoms with Crippen molar-refractivity contribution in [1.29, 1.82) is 0 Å². The number of rotatable bonds is 3. The van der Waals surface area contributed by atoms with Crippen LogP contribution in [0, 0.1) is 35.0 Å². The molecule has 1 aliphatic heterocycles. The lowest BCUT2D eigenvalue weighted by atomic mass is 9.51. The first kappa shape index (κ1) is 16.8. The molecule has 2 bridgehead atoms. The number of allylic oxidation sites excluding steroid dienone is 2. The first-order valence-electron chi connectivity index (χ1n) is 9.08. The van der Waals surface area contributed by atoms with Crippen molar-refractivity contribution in [3.8, 4) is 0 Å². The van der Waals surface area contributed by atoms with Gasteiger partial charge in [0.15, 0.2) is 0 Å². The predicted octanol–water partition coefficient (Wildman–Crippen LogP) is 3.73. The van der Waals surface area contributed by atoms with Gasteiger partial charge in [0, 0.05) is 17.4 Å². The van der Waals surface area contributed by atoms with E-state index in [1.54, 1.807) is 6.08 Å². The summed E-state index contributed by atoms with van der Waals surface area (Å²) in [4.78, 5) is 11.2. The molecule has 3 heteroatoms. The molecule has 2 fully saturated rings. The zero-order chi connectivity index (χ0) is 16.9. The van der Waals surface area contributed by atoms with E-state index in [2.05, 4.69) is 40.7 Å². The fraction of sp³-hybridized carbons (Fsp3) is 0.750. The van der Waals surface area contributed by atoms with E-state index in [-0.39, 0.29) is 29.5 Å². The molecule has 0 aromatic carbocycles. The molecule has 3 aliphatic rings. The van der Waals surface area contributed by atoms with Gasteiger partial charge in [-0.3, -0.25) is 4.79 Å². The summed E-state index contributed by atoms with van der Waals surface area (Å²) < 4.78 is 6.23. The van der Waals surface area contributed by atoms with Crippen molar-refractivity contribution in [1.82, 2.24) is 0 Å². The Hall–Kier alpha value is -1.09. The number of carbonyl (C=O) groups excluding carboxylic acids is 1. The van der Waals surface area contributed by atoms with E-state index < -0.39 is 0 Å². The molecule has 1 saturated carbocycles. The molecule has 128 valence electrons. The molecular formula is C20H30O3. The number of hydrogen-bond acceptors (Lipinski definition) is 3. The highest BCUT2D eigenvalue weighted by molar-refractivity contribution is 5.66. The molecule has 23 heavy (non-hydrogen) atoms. The molecule has 3 rings (SSSR count). The summed E-state index contributed by atoms with van der Waals surface area (Å²) in [6, 6.07) is 0.